The number of phenolic OH excluding ortho intramolecular Hbond substituents is 1. The lowest BCUT2D eigenvalue weighted by molar-refractivity contribution is 0.0729. The summed E-state index contributed by atoms with van der Waals surface area (Å²) in [5.41, 5.74) is 4.54. The Morgan fingerprint density at radius 3 is 2.43 bits per heavy atom. The molecule has 0 saturated heterocycles. The molecule has 7 nitrogen and oxygen atoms in total. The van der Waals surface area contributed by atoms with E-state index in [4.69, 9.17) is 9.47 Å². The van der Waals surface area contributed by atoms with Crippen LogP contribution in [0.5, 0.6) is 17.2 Å². The average Bonchev–Trinajstić information content (AvgIpc) is 2.75. The number of hydrogen-bond acceptors (Lipinski definition) is 6. The predicted octanol–water partition coefficient (Wildman–Crippen LogP) is 3.69. The molecule has 3 aromatic rings. The Bertz CT molecular complexity index is 1090. The van der Waals surface area contributed by atoms with E-state index in [2.05, 4.69) is 10.5 Å². The van der Waals surface area contributed by atoms with Crippen molar-refractivity contribution in [3.05, 3.63) is 89.0 Å². The number of methoxy groups -OCH3 is 1. The van der Waals surface area contributed by atoms with Crippen molar-refractivity contribution in [3.8, 4) is 17.2 Å². The topological polar surface area (TPSA) is 97.2 Å². The molecule has 1 amide bonds. The molecule has 0 aliphatic heterocycles. The number of ether oxygens (including phenoxy) is 2. The minimum Gasteiger partial charge on any atom is -0.507 e. The molecule has 0 spiro atoms. The van der Waals surface area contributed by atoms with Gasteiger partial charge in [-0.2, -0.15) is 5.10 Å². The molecule has 152 valence electrons. The van der Waals surface area contributed by atoms with Crippen LogP contribution >= 0.6 is 0 Å². The molecule has 0 fully saturated rings. The molecular weight excluding hydrogens is 384 g/mol. The van der Waals surface area contributed by atoms with Crippen LogP contribution in [0.2, 0.25) is 0 Å². The summed E-state index contributed by atoms with van der Waals surface area (Å²) in [6.07, 6.45) is 1.41. The monoisotopic (exact) mass is 404 g/mol. The molecule has 0 bridgehead atoms. The van der Waals surface area contributed by atoms with E-state index in [0.717, 1.165) is 5.56 Å². The van der Waals surface area contributed by atoms with Crippen LogP contribution in [0.1, 0.15) is 31.8 Å². The minimum absolute atomic E-state index is 0.116. The zero-order valence-corrected chi connectivity index (χ0v) is 16.5. The van der Waals surface area contributed by atoms with Crippen LogP contribution in [-0.2, 0) is 0 Å². The summed E-state index contributed by atoms with van der Waals surface area (Å²) in [7, 11) is 1.46. The molecule has 0 saturated carbocycles. The van der Waals surface area contributed by atoms with Crippen LogP contribution in [0, 0.1) is 6.92 Å². The molecule has 0 unspecified atom stereocenters. The van der Waals surface area contributed by atoms with Gasteiger partial charge in [-0.25, -0.2) is 10.2 Å². The lowest BCUT2D eigenvalue weighted by Crippen LogP contribution is -2.17. The number of aromatic hydroxyl groups is 1. The quantitative estimate of drug-likeness (QED) is 0.283. The molecule has 0 heterocycles. The van der Waals surface area contributed by atoms with Gasteiger partial charge in [0.05, 0.1) is 24.5 Å². The lowest BCUT2D eigenvalue weighted by atomic mass is 10.1. The van der Waals surface area contributed by atoms with E-state index in [9.17, 15) is 14.7 Å². The smallest absolute Gasteiger partial charge is 0.343 e. The van der Waals surface area contributed by atoms with Crippen LogP contribution in [0.15, 0.2) is 71.8 Å². The maximum Gasteiger partial charge on any atom is 0.343 e. The number of benzene rings is 3. The average molecular weight is 404 g/mol. The van der Waals surface area contributed by atoms with Crippen molar-refractivity contribution < 1.29 is 24.2 Å². The second kappa shape index (κ2) is 9.38. The molecule has 3 aromatic carbocycles. The first kappa shape index (κ1) is 20.6. The Balaban J connectivity index is 1.68. The summed E-state index contributed by atoms with van der Waals surface area (Å²) in [5.74, 6) is -0.568. The third kappa shape index (κ3) is 5.02. The van der Waals surface area contributed by atoms with Crippen molar-refractivity contribution >= 4 is 18.1 Å². The first-order chi connectivity index (χ1) is 14.5. The molecule has 2 N–H and O–H groups in total. The molecular formula is C23H20N2O5. The second-order valence-electron chi connectivity index (χ2n) is 6.38. The van der Waals surface area contributed by atoms with Gasteiger partial charge >= 0.3 is 5.97 Å². The summed E-state index contributed by atoms with van der Waals surface area (Å²) in [6, 6.07) is 18.1. The Morgan fingerprint density at radius 1 is 1.00 bits per heavy atom. The zero-order chi connectivity index (χ0) is 21.5. The number of nitrogens with zero attached hydrogens (tertiary/aromatic N) is 1. The van der Waals surface area contributed by atoms with Gasteiger partial charge in [-0.15, -0.1) is 0 Å². The first-order valence-electron chi connectivity index (χ1n) is 9.06. The number of hydrogen-bond donors (Lipinski definition) is 2. The van der Waals surface area contributed by atoms with Crippen molar-refractivity contribution in [2.24, 2.45) is 5.10 Å². The highest BCUT2D eigenvalue weighted by atomic mass is 16.6. The Kier molecular flexibility index (Phi) is 6.44. The summed E-state index contributed by atoms with van der Waals surface area (Å²) in [5, 5.41) is 13.6. The van der Waals surface area contributed by atoms with Crippen LogP contribution in [0.4, 0.5) is 0 Å². The maximum atomic E-state index is 12.3. The third-order valence-corrected chi connectivity index (χ3v) is 4.21. The molecule has 0 radical (unpaired) electrons. The maximum absolute atomic E-state index is 12.3. The molecule has 7 heteroatoms. The van der Waals surface area contributed by atoms with Gasteiger partial charge in [0.1, 0.15) is 5.75 Å². The molecule has 0 aliphatic carbocycles. The van der Waals surface area contributed by atoms with Gasteiger partial charge in [-0.3, -0.25) is 4.79 Å². The Morgan fingerprint density at radius 2 is 1.73 bits per heavy atom. The number of amides is 1. The largest absolute Gasteiger partial charge is 0.507 e. The van der Waals surface area contributed by atoms with Crippen LogP contribution in [-0.4, -0.2) is 30.3 Å². The van der Waals surface area contributed by atoms with Crippen LogP contribution in [0.3, 0.4) is 0 Å². The molecule has 0 aromatic heterocycles. The lowest BCUT2D eigenvalue weighted by Gasteiger charge is -2.10. The molecule has 3 rings (SSSR count). The van der Waals surface area contributed by atoms with E-state index in [1.807, 2.05) is 19.1 Å². The van der Waals surface area contributed by atoms with Gasteiger partial charge in [-0.1, -0.05) is 29.8 Å². The predicted molar refractivity (Wildman–Crippen MR) is 112 cm³/mol. The van der Waals surface area contributed by atoms with E-state index < -0.39 is 11.9 Å². The minimum atomic E-state index is -0.542. The van der Waals surface area contributed by atoms with Crippen molar-refractivity contribution in [2.45, 2.75) is 6.92 Å². The number of carbonyl (C=O) groups is 2. The number of para-hydroxylation sites is 1. The molecule has 0 aliphatic rings. The fourth-order valence-electron chi connectivity index (χ4n) is 2.59. The Labute approximate surface area is 173 Å². The van der Waals surface area contributed by atoms with E-state index in [1.54, 1.807) is 42.5 Å². The van der Waals surface area contributed by atoms with Crippen molar-refractivity contribution in [1.82, 2.24) is 5.43 Å². The van der Waals surface area contributed by atoms with Gasteiger partial charge in [0.15, 0.2) is 11.5 Å². The number of nitrogens with one attached hydrogen (secondary N) is 1. The van der Waals surface area contributed by atoms with E-state index >= 15 is 0 Å². The number of aryl methyl sites for hydroxylation is 1. The summed E-state index contributed by atoms with van der Waals surface area (Å²) < 4.78 is 10.7. The fourth-order valence-corrected chi connectivity index (χ4v) is 2.59. The summed E-state index contributed by atoms with van der Waals surface area (Å²) in [4.78, 5) is 24.4. The second-order valence-corrected chi connectivity index (χ2v) is 6.38. The van der Waals surface area contributed by atoms with Crippen LogP contribution < -0.4 is 14.9 Å². The van der Waals surface area contributed by atoms with E-state index in [1.165, 1.54) is 25.5 Å². The SMILES string of the molecule is COc1cc(C=NNC(=O)c2ccccc2O)ccc1OC(=O)c1ccc(C)cc1. The summed E-state index contributed by atoms with van der Waals surface area (Å²) >= 11 is 0. The van der Waals surface area contributed by atoms with Gasteiger partial charge in [0.2, 0.25) is 0 Å². The highest BCUT2D eigenvalue weighted by molar-refractivity contribution is 5.97. The van der Waals surface area contributed by atoms with E-state index in [-0.39, 0.29) is 17.1 Å². The summed E-state index contributed by atoms with van der Waals surface area (Å²) in [6.45, 7) is 1.93. The van der Waals surface area contributed by atoms with Gasteiger partial charge < -0.3 is 14.6 Å². The van der Waals surface area contributed by atoms with Gasteiger partial charge in [0, 0.05) is 0 Å². The normalized spacial score (nSPS) is 10.6. The number of hydrazone groups is 1. The number of rotatable bonds is 6. The third-order valence-electron chi connectivity index (χ3n) is 4.21. The zero-order valence-electron chi connectivity index (χ0n) is 16.5. The molecule has 0 atom stereocenters. The fraction of sp³-hybridized carbons (Fsp3) is 0.0870. The molecule has 30 heavy (non-hydrogen) atoms. The standard InChI is InChI=1S/C23H20N2O5/c1-15-7-10-17(11-8-15)23(28)30-20-12-9-16(13-21(20)29-2)14-24-25-22(27)18-5-3-4-6-19(18)26/h3-14,26H,1-2H3,(H,25,27). The first-order valence-corrected chi connectivity index (χ1v) is 9.06. The Hall–Kier alpha value is -4.13. The number of carbonyl (C=O) groups excluding carboxylic acids is 2. The number of phenols is 1. The van der Waals surface area contributed by atoms with E-state index in [0.29, 0.717) is 16.9 Å². The van der Waals surface area contributed by atoms with Crippen LogP contribution in [0.25, 0.3) is 0 Å². The van der Waals surface area contributed by atoms with Gasteiger partial charge in [0.25, 0.3) is 5.91 Å². The van der Waals surface area contributed by atoms with Crippen molar-refractivity contribution in [3.63, 3.8) is 0 Å². The van der Waals surface area contributed by atoms with Crippen molar-refractivity contribution in [2.75, 3.05) is 7.11 Å². The van der Waals surface area contributed by atoms with Gasteiger partial charge in [-0.05, 0) is 55.0 Å². The highest BCUT2D eigenvalue weighted by Gasteiger charge is 2.13. The van der Waals surface area contributed by atoms with Crippen molar-refractivity contribution in [1.29, 1.82) is 0 Å². The number of esters is 1. The highest BCUT2D eigenvalue weighted by Crippen LogP contribution is 2.28.